The van der Waals surface area contributed by atoms with Crippen molar-refractivity contribution >= 4 is 40.4 Å². The van der Waals surface area contributed by atoms with Gasteiger partial charge < -0.3 is 16.2 Å². The lowest BCUT2D eigenvalue weighted by Gasteiger charge is -2.11. The summed E-state index contributed by atoms with van der Waals surface area (Å²) in [6, 6.07) is 9.62. The molecule has 0 spiro atoms. The number of nitrogens with one attached hydrogen (secondary N) is 1. The predicted molar refractivity (Wildman–Crippen MR) is 88.1 cm³/mol. The first kappa shape index (κ1) is 15.3. The van der Waals surface area contributed by atoms with E-state index >= 15 is 0 Å². The van der Waals surface area contributed by atoms with Crippen molar-refractivity contribution in [2.24, 2.45) is 5.73 Å². The fraction of sp³-hybridized carbons (Fsp3) is 0.0667. The molecule has 0 radical (unpaired) electrons. The van der Waals surface area contributed by atoms with Gasteiger partial charge in [-0.3, -0.25) is 4.79 Å². The Hall–Kier alpha value is -2.11. The van der Waals surface area contributed by atoms with Gasteiger partial charge in [0.2, 0.25) is 0 Å². The Bertz CT molecular complexity index is 732. The van der Waals surface area contributed by atoms with Gasteiger partial charge in [0.05, 0.1) is 11.3 Å². The number of aryl methyl sites for hydroxylation is 1. The van der Waals surface area contributed by atoms with E-state index in [2.05, 4.69) is 5.32 Å². The zero-order chi connectivity index (χ0) is 15.6. The Kier molecular flexibility index (Phi) is 4.45. The zero-order valence-corrected chi connectivity index (χ0v) is 12.8. The largest absolute Gasteiger partial charge is 0.507 e. The van der Waals surface area contributed by atoms with Crippen molar-refractivity contribution in [2.75, 3.05) is 5.32 Å². The van der Waals surface area contributed by atoms with E-state index in [1.807, 2.05) is 6.92 Å². The Balaban J connectivity index is 2.35. The second-order valence-corrected chi connectivity index (χ2v) is 5.41. The second-order valence-electron chi connectivity index (χ2n) is 4.53. The average molecular weight is 321 g/mol. The summed E-state index contributed by atoms with van der Waals surface area (Å²) in [5.41, 5.74) is 7.55. The number of carbonyl (C=O) groups excluding carboxylic acids is 1. The van der Waals surface area contributed by atoms with Gasteiger partial charge in [-0.15, -0.1) is 0 Å². The normalized spacial score (nSPS) is 10.2. The van der Waals surface area contributed by atoms with Gasteiger partial charge in [-0.2, -0.15) is 0 Å². The first-order valence-corrected chi connectivity index (χ1v) is 6.87. The third-order valence-electron chi connectivity index (χ3n) is 2.89. The number of hydrogen-bond donors (Lipinski definition) is 3. The highest BCUT2D eigenvalue weighted by atomic mass is 35.5. The van der Waals surface area contributed by atoms with E-state index in [9.17, 15) is 9.90 Å². The molecular formula is C15H13ClN2O2S. The zero-order valence-electron chi connectivity index (χ0n) is 11.2. The van der Waals surface area contributed by atoms with Crippen molar-refractivity contribution in [3.63, 3.8) is 0 Å². The SMILES string of the molecule is Cc1ccc(C(=O)Nc2cc(Cl)ccc2C(N)=S)c(O)c1. The van der Waals surface area contributed by atoms with E-state index in [0.717, 1.165) is 5.56 Å². The second kappa shape index (κ2) is 6.11. The molecule has 0 heterocycles. The van der Waals surface area contributed by atoms with Crippen molar-refractivity contribution in [1.82, 2.24) is 0 Å². The van der Waals surface area contributed by atoms with E-state index in [0.29, 0.717) is 16.3 Å². The van der Waals surface area contributed by atoms with Gasteiger partial charge in [0.25, 0.3) is 5.91 Å². The van der Waals surface area contributed by atoms with Crippen LogP contribution in [-0.4, -0.2) is 16.0 Å². The lowest BCUT2D eigenvalue weighted by atomic mass is 10.1. The standard InChI is InChI=1S/C15H13ClN2O2S/c1-8-2-4-11(13(19)6-8)15(20)18-12-7-9(16)3-5-10(12)14(17)21/h2-7,19H,1H3,(H2,17,21)(H,18,20). The van der Waals surface area contributed by atoms with Gasteiger partial charge in [-0.1, -0.05) is 29.9 Å². The van der Waals surface area contributed by atoms with E-state index in [1.54, 1.807) is 30.3 Å². The average Bonchev–Trinajstić information content (AvgIpc) is 2.37. The highest BCUT2D eigenvalue weighted by molar-refractivity contribution is 7.80. The van der Waals surface area contributed by atoms with Gasteiger partial charge in [0.15, 0.2) is 0 Å². The highest BCUT2D eigenvalue weighted by Gasteiger charge is 2.14. The van der Waals surface area contributed by atoms with Crippen molar-refractivity contribution in [2.45, 2.75) is 6.92 Å². The molecule has 1 amide bonds. The molecule has 21 heavy (non-hydrogen) atoms. The number of carbonyl (C=O) groups is 1. The maximum absolute atomic E-state index is 12.2. The Morgan fingerprint density at radius 1 is 1.24 bits per heavy atom. The van der Waals surface area contributed by atoms with Gasteiger partial charge in [-0.25, -0.2) is 0 Å². The van der Waals surface area contributed by atoms with E-state index in [-0.39, 0.29) is 16.3 Å². The third kappa shape index (κ3) is 3.51. The van der Waals surface area contributed by atoms with Crippen LogP contribution in [0.1, 0.15) is 21.5 Å². The Morgan fingerprint density at radius 3 is 2.52 bits per heavy atom. The van der Waals surface area contributed by atoms with Crippen molar-refractivity contribution in [3.05, 3.63) is 58.1 Å². The molecule has 0 aliphatic rings. The van der Waals surface area contributed by atoms with Gasteiger partial charge >= 0.3 is 0 Å². The Morgan fingerprint density at radius 2 is 1.90 bits per heavy atom. The van der Waals surface area contributed by atoms with Crippen LogP contribution in [0.3, 0.4) is 0 Å². The summed E-state index contributed by atoms with van der Waals surface area (Å²) in [6.45, 7) is 1.82. The summed E-state index contributed by atoms with van der Waals surface area (Å²) >= 11 is 10.9. The topological polar surface area (TPSA) is 75.4 Å². The van der Waals surface area contributed by atoms with Crippen LogP contribution in [0.4, 0.5) is 5.69 Å². The van der Waals surface area contributed by atoms with Crippen molar-refractivity contribution < 1.29 is 9.90 Å². The van der Waals surface area contributed by atoms with E-state index in [4.69, 9.17) is 29.6 Å². The minimum Gasteiger partial charge on any atom is -0.507 e. The molecule has 0 aliphatic heterocycles. The van der Waals surface area contributed by atoms with Crippen LogP contribution < -0.4 is 11.1 Å². The van der Waals surface area contributed by atoms with Crippen LogP contribution in [0, 0.1) is 6.92 Å². The number of rotatable bonds is 3. The van der Waals surface area contributed by atoms with E-state index < -0.39 is 5.91 Å². The molecule has 4 N–H and O–H groups in total. The molecule has 2 rings (SSSR count). The summed E-state index contributed by atoms with van der Waals surface area (Å²) in [5.74, 6) is -0.557. The first-order chi connectivity index (χ1) is 9.88. The van der Waals surface area contributed by atoms with Crippen molar-refractivity contribution in [1.29, 1.82) is 0 Å². The maximum Gasteiger partial charge on any atom is 0.259 e. The molecule has 0 bridgehead atoms. The third-order valence-corrected chi connectivity index (χ3v) is 3.35. The summed E-state index contributed by atoms with van der Waals surface area (Å²) in [4.78, 5) is 12.4. The van der Waals surface area contributed by atoms with Crippen LogP contribution >= 0.6 is 23.8 Å². The molecule has 0 atom stereocenters. The molecule has 0 aromatic heterocycles. The molecule has 0 fully saturated rings. The van der Waals surface area contributed by atoms with Crippen LogP contribution in [0.5, 0.6) is 5.75 Å². The molecule has 108 valence electrons. The number of nitrogens with two attached hydrogens (primary N) is 1. The van der Waals surface area contributed by atoms with Crippen LogP contribution in [0.25, 0.3) is 0 Å². The maximum atomic E-state index is 12.2. The molecular weight excluding hydrogens is 308 g/mol. The number of hydrogen-bond acceptors (Lipinski definition) is 3. The first-order valence-electron chi connectivity index (χ1n) is 6.09. The quantitative estimate of drug-likeness (QED) is 0.759. The summed E-state index contributed by atoms with van der Waals surface area (Å²) < 4.78 is 0. The van der Waals surface area contributed by atoms with Gasteiger partial charge in [0, 0.05) is 10.6 Å². The monoisotopic (exact) mass is 320 g/mol. The van der Waals surface area contributed by atoms with Gasteiger partial charge in [0.1, 0.15) is 10.7 Å². The number of halogens is 1. The molecule has 0 saturated heterocycles. The summed E-state index contributed by atoms with van der Waals surface area (Å²) in [6.07, 6.45) is 0. The summed E-state index contributed by atoms with van der Waals surface area (Å²) in [5, 5.41) is 12.9. The molecule has 6 heteroatoms. The summed E-state index contributed by atoms with van der Waals surface area (Å²) in [7, 11) is 0. The number of phenols is 1. The fourth-order valence-corrected chi connectivity index (χ4v) is 2.21. The number of benzene rings is 2. The van der Waals surface area contributed by atoms with Crippen LogP contribution in [0.2, 0.25) is 5.02 Å². The molecule has 2 aromatic carbocycles. The van der Waals surface area contributed by atoms with Crippen molar-refractivity contribution in [3.8, 4) is 5.75 Å². The minimum absolute atomic E-state index is 0.0913. The predicted octanol–water partition coefficient (Wildman–Crippen LogP) is 3.24. The number of amides is 1. The van der Waals surface area contributed by atoms with Gasteiger partial charge in [-0.05, 0) is 42.8 Å². The molecule has 4 nitrogen and oxygen atoms in total. The van der Waals surface area contributed by atoms with Crippen LogP contribution in [-0.2, 0) is 0 Å². The number of thiocarbonyl (C=S) groups is 1. The number of anilines is 1. The molecule has 0 unspecified atom stereocenters. The highest BCUT2D eigenvalue weighted by Crippen LogP contribution is 2.24. The fourth-order valence-electron chi connectivity index (χ4n) is 1.86. The minimum atomic E-state index is -0.465. The number of phenolic OH excluding ortho intramolecular Hbond substituents is 1. The molecule has 0 aliphatic carbocycles. The smallest absolute Gasteiger partial charge is 0.259 e. The molecule has 2 aromatic rings. The lowest BCUT2D eigenvalue weighted by Crippen LogP contribution is -2.17. The van der Waals surface area contributed by atoms with E-state index in [1.165, 1.54) is 6.07 Å². The molecule has 0 saturated carbocycles. The lowest BCUT2D eigenvalue weighted by molar-refractivity contribution is 0.102. The number of aromatic hydroxyl groups is 1. The van der Waals surface area contributed by atoms with Crippen LogP contribution in [0.15, 0.2) is 36.4 Å². The Labute approximate surface area is 132 Å².